The van der Waals surface area contributed by atoms with Crippen molar-refractivity contribution in [3.63, 3.8) is 0 Å². The SMILES string of the molecule is CCCCC(C)(C)O[C@H]1CO[C@H]2[C@@H]1OC[C@H]2OC(=O)C(C)(C)CCC. The van der Waals surface area contributed by atoms with E-state index in [9.17, 15) is 4.79 Å². The quantitative estimate of drug-likeness (QED) is 0.587. The molecule has 25 heavy (non-hydrogen) atoms. The maximum Gasteiger partial charge on any atom is 0.311 e. The van der Waals surface area contributed by atoms with Gasteiger partial charge in [-0.05, 0) is 40.5 Å². The van der Waals surface area contributed by atoms with Crippen molar-refractivity contribution < 1.29 is 23.7 Å². The first-order valence-electron chi connectivity index (χ1n) is 9.82. The number of hydrogen-bond donors (Lipinski definition) is 0. The van der Waals surface area contributed by atoms with E-state index in [1.54, 1.807) is 0 Å². The fourth-order valence-corrected chi connectivity index (χ4v) is 3.73. The molecule has 2 aliphatic rings. The highest BCUT2D eigenvalue weighted by Crippen LogP contribution is 2.35. The van der Waals surface area contributed by atoms with E-state index in [-0.39, 0.29) is 36.0 Å². The predicted molar refractivity (Wildman–Crippen MR) is 96.5 cm³/mol. The molecule has 2 rings (SSSR count). The van der Waals surface area contributed by atoms with E-state index in [2.05, 4.69) is 27.7 Å². The molecule has 0 aromatic rings. The molecule has 2 saturated heterocycles. The van der Waals surface area contributed by atoms with Gasteiger partial charge in [0.2, 0.25) is 0 Å². The van der Waals surface area contributed by atoms with Gasteiger partial charge in [0.15, 0.2) is 6.10 Å². The zero-order valence-electron chi connectivity index (χ0n) is 16.8. The lowest BCUT2D eigenvalue weighted by Crippen LogP contribution is -2.40. The maximum absolute atomic E-state index is 12.5. The standard InChI is InChI=1S/C20H36O5/c1-7-9-11-20(5,6)25-15-13-23-16-14(12-22-17(15)16)24-18(21)19(3,4)10-8-2/h14-17H,7-13H2,1-6H3/t14-,15+,16-,17-/m1/s1. The Labute approximate surface area is 152 Å². The first-order valence-corrected chi connectivity index (χ1v) is 9.82. The van der Waals surface area contributed by atoms with Crippen molar-refractivity contribution in [2.45, 2.75) is 104 Å². The van der Waals surface area contributed by atoms with Crippen LogP contribution in [0.3, 0.4) is 0 Å². The van der Waals surface area contributed by atoms with E-state index >= 15 is 0 Å². The molecule has 0 aliphatic carbocycles. The summed E-state index contributed by atoms with van der Waals surface area (Å²) in [6.07, 6.45) is 4.29. The molecule has 2 aliphatic heterocycles. The van der Waals surface area contributed by atoms with Gasteiger partial charge in [-0.25, -0.2) is 0 Å². The molecular weight excluding hydrogens is 320 g/mol. The van der Waals surface area contributed by atoms with Crippen LogP contribution in [0.15, 0.2) is 0 Å². The summed E-state index contributed by atoms with van der Waals surface area (Å²) >= 11 is 0. The van der Waals surface area contributed by atoms with E-state index in [1.807, 2.05) is 13.8 Å². The Balaban J connectivity index is 1.90. The van der Waals surface area contributed by atoms with E-state index in [4.69, 9.17) is 18.9 Å². The molecule has 5 nitrogen and oxygen atoms in total. The Morgan fingerprint density at radius 1 is 0.960 bits per heavy atom. The highest BCUT2D eigenvalue weighted by atomic mass is 16.7. The molecular formula is C20H36O5. The smallest absolute Gasteiger partial charge is 0.311 e. The molecule has 5 heteroatoms. The number of rotatable bonds is 9. The molecule has 146 valence electrons. The van der Waals surface area contributed by atoms with Crippen molar-refractivity contribution in [2.24, 2.45) is 5.41 Å². The Kier molecular flexibility index (Phi) is 6.91. The summed E-state index contributed by atoms with van der Waals surface area (Å²) in [5.41, 5.74) is -0.663. The van der Waals surface area contributed by atoms with Gasteiger partial charge in [-0.2, -0.15) is 0 Å². The Bertz CT molecular complexity index is 445. The van der Waals surface area contributed by atoms with Crippen LogP contribution < -0.4 is 0 Å². The molecule has 0 amide bonds. The molecule has 4 atom stereocenters. The molecule has 2 fully saturated rings. The number of carbonyl (C=O) groups excluding carboxylic acids is 1. The van der Waals surface area contributed by atoms with Gasteiger partial charge in [0, 0.05) is 0 Å². The summed E-state index contributed by atoms with van der Waals surface area (Å²) in [7, 11) is 0. The number of esters is 1. The highest BCUT2D eigenvalue weighted by Gasteiger charge is 2.51. The van der Waals surface area contributed by atoms with Gasteiger partial charge in [0.25, 0.3) is 0 Å². The lowest BCUT2D eigenvalue weighted by molar-refractivity contribution is -0.165. The second kappa shape index (κ2) is 8.36. The second-order valence-electron chi connectivity index (χ2n) is 8.69. The third kappa shape index (κ3) is 5.18. The molecule has 0 aromatic carbocycles. The number of fused-ring (bicyclic) bond motifs is 1. The van der Waals surface area contributed by atoms with Gasteiger partial charge in [0.1, 0.15) is 18.3 Å². The average Bonchev–Trinajstić information content (AvgIpc) is 3.09. The number of hydrogen-bond acceptors (Lipinski definition) is 5. The van der Waals surface area contributed by atoms with Crippen molar-refractivity contribution in [2.75, 3.05) is 13.2 Å². The topological polar surface area (TPSA) is 54.0 Å². The lowest BCUT2D eigenvalue weighted by Gasteiger charge is -2.30. The van der Waals surface area contributed by atoms with Gasteiger partial charge >= 0.3 is 5.97 Å². The minimum atomic E-state index is -0.469. The van der Waals surface area contributed by atoms with Crippen LogP contribution >= 0.6 is 0 Å². The molecule has 2 heterocycles. The van der Waals surface area contributed by atoms with Crippen LogP contribution in [0.4, 0.5) is 0 Å². The minimum absolute atomic E-state index is 0.0933. The molecule has 0 bridgehead atoms. The van der Waals surface area contributed by atoms with Crippen molar-refractivity contribution in [1.82, 2.24) is 0 Å². The first kappa shape index (κ1) is 20.7. The zero-order valence-corrected chi connectivity index (χ0v) is 16.8. The Morgan fingerprint density at radius 3 is 2.16 bits per heavy atom. The number of carbonyl (C=O) groups is 1. The largest absolute Gasteiger partial charge is 0.457 e. The summed E-state index contributed by atoms with van der Waals surface area (Å²) in [6, 6.07) is 0. The molecule has 0 aromatic heterocycles. The number of ether oxygens (including phenoxy) is 4. The molecule has 0 N–H and O–H groups in total. The van der Waals surface area contributed by atoms with Gasteiger partial charge in [-0.3, -0.25) is 4.79 Å². The van der Waals surface area contributed by atoms with Gasteiger partial charge in [-0.15, -0.1) is 0 Å². The lowest BCUT2D eigenvalue weighted by atomic mass is 9.88. The first-order chi connectivity index (χ1) is 11.7. The van der Waals surface area contributed by atoms with Crippen LogP contribution in [0.2, 0.25) is 0 Å². The van der Waals surface area contributed by atoms with Crippen LogP contribution in [0, 0.1) is 5.41 Å². The summed E-state index contributed by atoms with van der Waals surface area (Å²) < 4.78 is 23.8. The average molecular weight is 357 g/mol. The van der Waals surface area contributed by atoms with Gasteiger partial charge < -0.3 is 18.9 Å². The molecule has 0 radical (unpaired) electrons. The second-order valence-corrected chi connectivity index (χ2v) is 8.69. The van der Waals surface area contributed by atoms with Crippen molar-refractivity contribution >= 4 is 5.97 Å². The van der Waals surface area contributed by atoms with Crippen LogP contribution in [-0.4, -0.2) is 49.2 Å². The van der Waals surface area contributed by atoms with Crippen molar-refractivity contribution in [3.8, 4) is 0 Å². The van der Waals surface area contributed by atoms with Gasteiger partial charge in [0.05, 0.1) is 24.2 Å². The fourth-order valence-electron chi connectivity index (χ4n) is 3.73. The van der Waals surface area contributed by atoms with Crippen molar-refractivity contribution in [1.29, 1.82) is 0 Å². The van der Waals surface area contributed by atoms with E-state index in [0.717, 1.165) is 32.1 Å². The normalized spacial score (nSPS) is 29.7. The third-order valence-electron chi connectivity index (χ3n) is 5.25. The Hall–Kier alpha value is -0.650. The number of unbranched alkanes of at least 4 members (excludes halogenated alkanes) is 1. The van der Waals surface area contributed by atoms with Crippen LogP contribution in [0.5, 0.6) is 0 Å². The molecule has 0 unspecified atom stereocenters. The summed E-state index contributed by atoms with van der Waals surface area (Å²) in [5.74, 6) is -0.167. The predicted octanol–water partition coefficient (Wildman–Crippen LogP) is 3.88. The van der Waals surface area contributed by atoms with E-state index in [1.165, 1.54) is 0 Å². The summed E-state index contributed by atoms with van der Waals surface area (Å²) in [4.78, 5) is 12.5. The molecule has 0 spiro atoms. The fraction of sp³-hybridized carbons (Fsp3) is 0.950. The van der Waals surface area contributed by atoms with Gasteiger partial charge in [-0.1, -0.05) is 33.1 Å². The van der Waals surface area contributed by atoms with Crippen molar-refractivity contribution in [3.05, 3.63) is 0 Å². The third-order valence-corrected chi connectivity index (χ3v) is 5.25. The van der Waals surface area contributed by atoms with Crippen LogP contribution in [0.1, 0.15) is 73.6 Å². The van der Waals surface area contributed by atoms with Crippen LogP contribution in [0.25, 0.3) is 0 Å². The monoisotopic (exact) mass is 356 g/mol. The molecule has 0 saturated carbocycles. The summed E-state index contributed by atoms with van der Waals surface area (Å²) in [5, 5.41) is 0. The maximum atomic E-state index is 12.5. The van der Waals surface area contributed by atoms with E-state index < -0.39 is 5.41 Å². The zero-order chi connectivity index (χ0) is 18.7. The Morgan fingerprint density at radius 2 is 1.56 bits per heavy atom. The minimum Gasteiger partial charge on any atom is -0.457 e. The summed E-state index contributed by atoms with van der Waals surface area (Å²) in [6.45, 7) is 13.3. The van der Waals surface area contributed by atoms with E-state index in [0.29, 0.717) is 13.2 Å². The highest BCUT2D eigenvalue weighted by molar-refractivity contribution is 5.76. The van der Waals surface area contributed by atoms with Crippen LogP contribution in [-0.2, 0) is 23.7 Å².